The maximum atomic E-state index is 12.2. The maximum absolute atomic E-state index is 12.2. The van der Waals surface area contributed by atoms with E-state index < -0.39 is 0 Å². The summed E-state index contributed by atoms with van der Waals surface area (Å²) in [4.78, 5) is 18.6. The first kappa shape index (κ1) is 19.3. The van der Waals surface area contributed by atoms with E-state index in [1.165, 1.54) is 23.1 Å². The zero-order chi connectivity index (χ0) is 18.1. The standard InChI is InChI=1S/C20H32N4O/c1-4-21-20(23-15-19(25)24-10-6-5-7-11-24)22-9-8-18-13-16(2)12-17(3)14-18/h12-14H,4-11,15H2,1-3H3,(H2,21,22,23). The van der Waals surface area contributed by atoms with Crippen molar-refractivity contribution in [2.75, 3.05) is 32.7 Å². The van der Waals surface area contributed by atoms with E-state index in [1.807, 2.05) is 11.8 Å². The Morgan fingerprint density at radius 3 is 2.40 bits per heavy atom. The third-order valence-corrected chi connectivity index (χ3v) is 4.41. The molecule has 0 atom stereocenters. The number of amides is 1. The van der Waals surface area contributed by atoms with Crippen LogP contribution < -0.4 is 10.6 Å². The molecular weight excluding hydrogens is 312 g/mol. The SMILES string of the molecule is CCNC(=NCC(=O)N1CCCCC1)NCCc1cc(C)cc(C)c1. The summed E-state index contributed by atoms with van der Waals surface area (Å²) in [6.07, 6.45) is 4.40. The lowest BCUT2D eigenvalue weighted by atomic mass is 10.1. The van der Waals surface area contributed by atoms with Crippen molar-refractivity contribution in [3.8, 4) is 0 Å². The first-order valence-electron chi connectivity index (χ1n) is 9.45. The molecular formula is C20H32N4O. The minimum atomic E-state index is 0.131. The summed E-state index contributed by atoms with van der Waals surface area (Å²) >= 11 is 0. The van der Waals surface area contributed by atoms with Crippen molar-refractivity contribution in [3.05, 3.63) is 34.9 Å². The Labute approximate surface area is 151 Å². The van der Waals surface area contributed by atoms with Gasteiger partial charge >= 0.3 is 0 Å². The highest BCUT2D eigenvalue weighted by Gasteiger charge is 2.15. The molecule has 0 aromatic heterocycles. The van der Waals surface area contributed by atoms with Gasteiger partial charge in [-0.3, -0.25) is 4.79 Å². The van der Waals surface area contributed by atoms with Gasteiger partial charge in [0.1, 0.15) is 6.54 Å². The third-order valence-electron chi connectivity index (χ3n) is 4.41. The van der Waals surface area contributed by atoms with Crippen LogP contribution in [0.4, 0.5) is 0 Å². The van der Waals surface area contributed by atoms with E-state index >= 15 is 0 Å². The zero-order valence-corrected chi connectivity index (χ0v) is 15.9. The van der Waals surface area contributed by atoms with Crippen LogP contribution in [0.5, 0.6) is 0 Å². The summed E-state index contributed by atoms with van der Waals surface area (Å²) in [6.45, 7) is 9.85. The van der Waals surface area contributed by atoms with Gasteiger partial charge in [0.2, 0.25) is 5.91 Å². The van der Waals surface area contributed by atoms with Crippen LogP contribution in [0.3, 0.4) is 0 Å². The minimum Gasteiger partial charge on any atom is -0.357 e. The van der Waals surface area contributed by atoms with E-state index in [2.05, 4.69) is 47.7 Å². The van der Waals surface area contributed by atoms with Gasteiger partial charge in [-0.25, -0.2) is 4.99 Å². The molecule has 0 unspecified atom stereocenters. The summed E-state index contributed by atoms with van der Waals surface area (Å²) in [7, 11) is 0. The van der Waals surface area contributed by atoms with E-state index in [4.69, 9.17) is 0 Å². The Hall–Kier alpha value is -2.04. The number of nitrogens with zero attached hydrogens (tertiary/aromatic N) is 2. The Bertz CT molecular complexity index is 571. The fourth-order valence-corrected chi connectivity index (χ4v) is 3.27. The Morgan fingerprint density at radius 2 is 1.76 bits per heavy atom. The van der Waals surface area contributed by atoms with E-state index in [-0.39, 0.29) is 12.5 Å². The summed E-state index contributed by atoms with van der Waals surface area (Å²) in [6, 6.07) is 6.63. The molecule has 2 rings (SSSR count). The van der Waals surface area contributed by atoms with E-state index in [0.717, 1.165) is 51.4 Å². The Morgan fingerprint density at radius 1 is 1.08 bits per heavy atom. The number of carbonyl (C=O) groups is 1. The number of guanidine groups is 1. The molecule has 1 aliphatic rings. The topological polar surface area (TPSA) is 56.7 Å². The summed E-state index contributed by atoms with van der Waals surface area (Å²) < 4.78 is 0. The number of hydrogen-bond donors (Lipinski definition) is 2. The Kier molecular flexibility index (Phi) is 7.76. The summed E-state index contributed by atoms with van der Waals surface area (Å²) in [5.74, 6) is 0.850. The van der Waals surface area contributed by atoms with Gasteiger partial charge in [-0.15, -0.1) is 0 Å². The fourth-order valence-electron chi connectivity index (χ4n) is 3.27. The maximum Gasteiger partial charge on any atom is 0.244 e. The third kappa shape index (κ3) is 6.77. The molecule has 1 fully saturated rings. The van der Waals surface area contributed by atoms with E-state index in [9.17, 15) is 4.79 Å². The average molecular weight is 345 g/mol. The minimum absolute atomic E-state index is 0.131. The molecule has 1 amide bonds. The molecule has 1 aliphatic heterocycles. The van der Waals surface area contributed by atoms with Crippen molar-refractivity contribution in [2.24, 2.45) is 4.99 Å². The lowest BCUT2D eigenvalue weighted by Crippen LogP contribution is -2.41. The van der Waals surface area contributed by atoms with Gasteiger partial charge in [0.05, 0.1) is 0 Å². The van der Waals surface area contributed by atoms with Crippen LogP contribution in [-0.2, 0) is 11.2 Å². The number of rotatable bonds is 6. The quantitative estimate of drug-likeness (QED) is 0.615. The highest BCUT2D eigenvalue weighted by Crippen LogP contribution is 2.09. The molecule has 0 aliphatic carbocycles. The summed E-state index contributed by atoms with van der Waals surface area (Å²) in [5, 5.41) is 6.55. The van der Waals surface area contributed by atoms with Crippen LogP contribution >= 0.6 is 0 Å². The number of likely N-dealkylation sites (tertiary alicyclic amines) is 1. The molecule has 1 heterocycles. The molecule has 1 saturated heterocycles. The van der Waals surface area contributed by atoms with Crippen molar-refractivity contribution >= 4 is 11.9 Å². The molecule has 25 heavy (non-hydrogen) atoms. The number of benzene rings is 1. The zero-order valence-electron chi connectivity index (χ0n) is 15.9. The van der Waals surface area contributed by atoms with E-state index in [1.54, 1.807) is 0 Å². The van der Waals surface area contributed by atoms with Crippen molar-refractivity contribution in [3.63, 3.8) is 0 Å². The lowest BCUT2D eigenvalue weighted by Gasteiger charge is -2.26. The molecule has 1 aromatic carbocycles. The van der Waals surface area contributed by atoms with Crippen molar-refractivity contribution in [1.29, 1.82) is 0 Å². The molecule has 138 valence electrons. The van der Waals surface area contributed by atoms with Gasteiger partial charge in [-0.1, -0.05) is 29.3 Å². The average Bonchev–Trinajstić information content (AvgIpc) is 2.59. The predicted octanol–water partition coefficient (Wildman–Crippen LogP) is 2.41. The highest BCUT2D eigenvalue weighted by molar-refractivity contribution is 5.85. The number of hydrogen-bond acceptors (Lipinski definition) is 2. The van der Waals surface area contributed by atoms with Crippen LogP contribution in [0.2, 0.25) is 0 Å². The molecule has 0 spiro atoms. The van der Waals surface area contributed by atoms with Crippen molar-refractivity contribution in [2.45, 2.75) is 46.5 Å². The van der Waals surface area contributed by atoms with Gasteiger partial charge in [0, 0.05) is 26.2 Å². The molecule has 0 bridgehead atoms. The molecule has 2 N–H and O–H groups in total. The molecule has 1 aromatic rings. The van der Waals surface area contributed by atoms with Gasteiger partial charge in [-0.05, 0) is 52.0 Å². The van der Waals surface area contributed by atoms with Crippen LogP contribution in [0.25, 0.3) is 0 Å². The van der Waals surface area contributed by atoms with Gasteiger partial charge in [-0.2, -0.15) is 0 Å². The monoisotopic (exact) mass is 344 g/mol. The number of piperidine rings is 1. The lowest BCUT2D eigenvalue weighted by molar-refractivity contribution is -0.130. The molecule has 5 nitrogen and oxygen atoms in total. The second-order valence-corrected chi connectivity index (χ2v) is 6.81. The first-order valence-corrected chi connectivity index (χ1v) is 9.45. The van der Waals surface area contributed by atoms with Crippen LogP contribution in [0.1, 0.15) is 42.9 Å². The van der Waals surface area contributed by atoms with Crippen molar-refractivity contribution in [1.82, 2.24) is 15.5 Å². The normalized spacial score (nSPS) is 15.2. The fraction of sp³-hybridized carbons (Fsp3) is 0.600. The van der Waals surface area contributed by atoms with Crippen LogP contribution in [0.15, 0.2) is 23.2 Å². The number of aryl methyl sites for hydroxylation is 2. The van der Waals surface area contributed by atoms with Gasteiger partial charge < -0.3 is 15.5 Å². The van der Waals surface area contributed by atoms with Crippen molar-refractivity contribution < 1.29 is 4.79 Å². The predicted molar refractivity (Wildman–Crippen MR) is 104 cm³/mol. The Balaban J connectivity index is 1.83. The van der Waals surface area contributed by atoms with Gasteiger partial charge in [0.15, 0.2) is 5.96 Å². The smallest absolute Gasteiger partial charge is 0.244 e. The van der Waals surface area contributed by atoms with E-state index in [0.29, 0.717) is 0 Å². The summed E-state index contributed by atoms with van der Waals surface area (Å²) in [5.41, 5.74) is 3.91. The second kappa shape index (κ2) is 10.1. The van der Waals surface area contributed by atoms with Crippen LogP contribution in [-0.4, -0.2) is 49.5 Å². The highest BCUT2D eigenvalue weighted by atomic mass is 16.2. The largest absolute Gasteiger partial charge is 0.357 e. The molecule has 5 heteroatoms. The number of nitrogens with one attached hydrogen (secondary N) is 2. The first-order chi connectivity index (χ1) is 12.1. The number of carbonyl (C=O) groups excluding carboxylic acids is 1. The molecule has 0 saturated carbocycles. The van der Waals surface area contributed by atoms with Crippen LogP contribution in [0, 0.1) is 13.8 Å². The second-order valence-electron chi connectivity index (χ2n) is 6.81. The van der Waals surface area contributed by atoms with Gasteiger partial charge in [0.25, 0.3) is 0 Å². The molecule has 0 radical (unpaired) electrons. The number of aliphatic imine (C=N–C) groups is 1.